The third-order valence-electron chi connectivity index (χ3n) is 5.20. The number of benzene rings is 2. The maximum atomic E-state index is 12.8. The molecule has 1 aliphatic heterocycles. The fourth-order valence-corrected chi connectivity index (χ4v) is 3.96. The van der Waals surface area contributed by atoms with Gasteiger partial charge in [-0.15, -0.1) is 0 Å². The maximum Gasteiger partial charge on any atom is 0.250 e. The van der Waals surface area contributed by atoms with Gasteiger partial charge < -0.3 is 4.90 Å². The van der Waals surface area contributed by atoms with Gasteiger partial charge in [0.2, 0.25) is 0 Å². The van der Waals surface area contributed by atoms with E-state index in [1.807, 2.05) is 30.3 Å². The second kappa shape index (κ2) is 10.3. The van der Waals surface area contributed by atoms with Gasteiger partial charge in [0.1, 0.15) is 0 Å². The van der Waals surface area contributed by atoms with Crippen molar-refractivity contribution in [2.45, 2.75) is 38.1 Å². The molecule has 6 heteroatoms. The van der Waals surface area contributed by atoms with E-state index in [2.05, 4.69) is 4.90 Å². The summed E-state index contributed by atoms with van der Waals surface area (Å²) in [7, 11) is 0. The normalized spacial score (nSPS) is 16.4. The summed E-state index contributed by atoms with van der Waals surface area (Å²) < 4.78 is 0. The van der Waals surface area contributed by atoms with Crippen LogP contribution in [-0.4, -0.2) is 40.7 Å². The molecule has 0 spiro atoms. The van der Waals surface area contributed by atoms with Gasteiger partial charge in [-0.1, -0.05) is 72.4 Å². The minimum Gasteiger partial charge on any atom is -0.301 e. The molecular weight excluding hydrogens is 395 g/mol. The molecule has 3 rings (SSSR count). The molecule has 2 aromatic rings. The van der Waals surface area contributed by atoms with E-state index in [9.17, 15) is 10.0 Å². The summed E-state index contributed by atoms with van der Waals surface area (Å²) in [4.78, 5) is 15.2. The van der Waals surface area contributed by atoms with E-state index in [0.29, 0.717) is 16.6 Å². The van der Waals surface area contributed by atoms with Gasteiger partial charge in [0.15, 0.2) is 0 Å². The van der Waals surface area contributed by atoms with Crippen molar-refractivity contribution in [3.05, 3.63) is 69.7 Å². The Bertz CT molecular complexity index is 777. The SMILES string of the molecule is O=C(Cc1ccc(Cl)c(Cl)c1)N(O)[C@H](CN1CCCCCC1)c1ccccc1. The molecule has 1 saturated heterocycles. The fraction of sp³-hybridized carbons (Fsp3) is 0.409. The Hall–Kier alpha value is -1.59. The molecule has 1 fully saturated rings. The van der Waals surface area contributed by atoms with Crippen LogP contribution < -0.4 is 0 Å². The first-order valence-electron chi connectivity index (χ1n) is 9.77. The van der Waals surface area contributed by atoms with Crippen LogP contribution in [0.15, 0.2) is 48.5 Å². The van der Waals surface area contributed by atoms with Crippen molar-refractivity contribution in [2.24, 2.45) is 0 Å². The van der Waals surface area contributed by atoms with Crippen LogP contribution in [0.5, 0.6) is 0 Å². The average molecular weight is 421 g/mol. The molecule has 0 aliphatic carbocycles. The predicted octanol–water partition coefficient (Wildman–Crippen LogP) is 5.37. The van der Waals surface area contributed by atoms with Crippen molar-refractivity contribution in [3.63, 3.8) is 0 Å². The standard InChI is InChI=1S/C22H26Cl2N2O2/c23-19-11-10-17(14-20(19)24)15-22(27)26(28)21(18-8-4-3-5-9-18)16-25-12-6-1-2-7-13-25/h3-5,8-11,14,21,28H,1-2,6-7,12-13,15-16H2/t21-/m1/s1. The van der Waals surface area contributed by atoms with Gasteiger partial charge in [0, 0.05) is 6.54 Å². The molecule has 0 bridgehead atoms. The Morgan fingerprint density at radius 1 is 1.00 bits per heavy atom. The van der Waals surface area contributed by atoms with Gasteiger partial charge in [-0.2, -0.15) is 0 Å². The zero-order valence-corrected chi connectivity index (χ0v) is 17.4. The monoisotopic (exact) mass is 420 g/mol. The number of hydrogen-bond donors (Lipinski definition) is 1. The molecule has 1 aliphatic rings. The van der Waals surface area contributed by atoms with Crippen LogP contribution in [0.2, 0.25) is 10.0 Å². The maximum absolute atomic E-state index is 12.8. The lowest BCUT2D eigenvalue weighted by molar-refractivity contribution is -0.177. The molecule has 4 nitrogen and oxygen atoms in total. The Kier molecular flexibility index (Phi) is 7.74. The highest BCUT2D eigenvalue weighted by Gasteiger charge is 2.26. The van der Waals surface area contributed by atoms with Gasteiger partial charge >= 0.3 is 0 Å². The largest absolute Gasteiger partial charge is 0.301 e. The summed E-state index contributed by atoms with van der Waals surface area (Å²) in [5.74, 6) is -0.359. The third kappa shape index (κ3) is 5.71. The Labute approximate surface area is 176 Å². The van der Waals surface area contributed by atoms with Crippen molar-refractivity contribution in [2.75, 3.05) is 19.6 Å². The zero-order valence-electron chi connectivity index (χ0n) is 15.9. The Balaban J connectivity index is 1.75. The molecule has 1 N–H and O–H groups in total. The number of likely N-dealkylation sites (tertiary alicyclic amines) is 1. The quantitative estimate of drug-likeness (QED) is 0.504. The molecule has 0 saturated carbocycles. The van der Waals surface area contributed by atoms with Crippen molar-refractivity contribution in [3.8, 4) is 0 Å². The molecule has 0 aromatic heterocycles. The highest BCUT2D eigenvalue weighted by Crippen LogP contribution is 2.25. The van der Waals surface area contributed by atoms with Gasteiger partial charge in [-0.05, 0) is 49.2 Å². The van der Waals surface area contributed by atoms with E-state index in [0.717, 1.165) is 42.1 Å². The average Bonchev–Trinajstić information content (AvgIpc) is 2.98. The molecule has 1 heterocycles. The number of hydroxylamine groups is 2. The first kappa shape index (κ1) is 21.1. The summed E-state index contributed by atoms with van der Waals surface area (Å²) >= 11 is 12.0. The fourth-order valence-electron chi connectivity index (χ4n) is 3.64. The summed E-state index contributed by atoms with van der Waals surface area (Å²) in [5.41, 5.74) is 1.65. The number of amides is 1. The number of halogens is 2. The highest BCUT2D eigenvalue weighted by atomic mass is 35.5. The first-order chi connectivity index (χ1) is 13.5. The van der Waals surface area contributed by atoms with Crippen LogP contribution in [0.25, 0.3) is 0 Å². The Morgan fingerprint density at radius 3 is 2.32 bits per heavy atom. The van der Waals surface area contributed by atoms with E-state index < -0.39 is 6.04 Å². The first-order valence-corrected chi connectivity index (χ1v) is 10.5. The molecule has 2 aromatic carbocycles. The minimum atomic E-state index is -0.408. The van der Waals surface area contributed by atoms with Crippen molar-refractivity contribution < 1.29 is 10.0 Å². The number of rotatable bonds is 6. The number of carbonyl (C=O) groups is 1. The van der Waals surface area contributed by atoms with E-state index in [4.69, 9.17) is 23.2 Å². The predicted molar refractivity (Wildman–Crippen MR) is 113 cm³/mol. The lowest BCUT2D eigenvalue weighted by Crippen LogP contribution is -2.40. The van der Waals surface area contributed by atoms with E-state index in [-0.39, 0.29) is 12.3 Å². The summed E-state index contributed by atoms with van der Waals surface area (Å²) in [5, 5.41) is 12.6. The highest BCUT2D eigenvalue weighted by molar-refractivity contribution is 6.42. The summed E-state index contributed by atoms with van der Waals surface area (Å²) in [6.45, 7) is 2.62. The van der Waals surface area contributed by atoms with Crippen LogP contribution in [0, 0.1) is 0 Å². The lowest BCUT2D eigenvalue weighted by Gasteiger charge is -2.31. The second-order valence-electron chi connectivity index (χ2n) is 7.30. The molecule has 0 unspecified atom stereocenters. The second-order valence-corrected chi connectivity index (χ2v) is 8.12. The van der Waals surface area contributed by atoms with E-state index in [1.165, 1.54) is 12.8 Å². The molecule has 150 valence electrons. The van der Waals surface area contributed by atoms with Crippen LogP contribution in [-0.2, 0) is 11.2 Å². The summed E-state index contributed by atoms with van der Waals surface area (Å²) in [6, 6.07) is 14.4. The molecule has 1 atom stereocenters. The zero-order chi connectivity index (χ0) is 19.9. The Morgan fingerprint density at radius 2 is 1.68 bits per heavy atom. The summed E-state index contributed by atoms with van der Waals surface area (Å²) in [6.07, 6.45) is 4.86. The number of nitrogens with zero attached hydrogens (tertiary/aromatic N) is 2. The van der Waals surface area contributed by atoms with E-state index >= 15 is 0 Å². The topological polar surface area (TPSA) is 43.8 Å². The number of carbonyl (C=O) groups excluding carboxylic acids is 1. The van der Waals surface area contributed by atoms with Crippen LogP contribution >= 0.6 is 23.2 Å². The van der Waals surface area contributed by atoms with Crippen molar-refractivity contribution >= 4 is 29.1 Å². The van der Waals surface area contributed by atoms with Crippen LogP contribution in [0.3, 0.4) is 0 Å². The molecule has 28 heavy (non-hydrogen) atoms. The van der Waals surface area contributed by atoms with Gasteiger partial charge in [0.25, 0.3) is 5.91 Å². The van der Waals surface area contributed by atoms with Crippen LogP contribution in [0.4, 0.5) is 0 Å². The van der Waals surface area contributed by atoms with Gasteiger partial charge in [0.05, 0.1) is 22.5 Å². The number of hydrogen-bond acceptors (Lipinski definition) is 3. The minimum absolute atomic E-state index is 0.0662. The van der Waals surface area contributed by atoms with Crippen LogP contribution in [0.1, 0.15) is 42.9 Å². The van der Waals surface area contributed by atoms with Crippen molar-refractivity contribution in [1.82, 2.24) is 9.96 Å². The lowest BCUT2D eigenvalue weighted by atomic mass is 10.0. The molecule has 0 radical (unpaired) electrons. The smallest absolute Gasteiger partial charge is 0.250 e. The van der Waals surface area contributed by atoms with Crippen molar-refractivity contribution in [1.29, 1.82) is 0 Å². The van der Waals surface area contributed by atoms with Gasteiger partial charge in [-0.25, -0.2) is 5.06 Å². The molecular formula is C22H26Cl2N2O2. The van der Waals surface area contributed by atoms with Gasteiger partial charge in [-0.3, -0.25) is 10.0 Å². The molecule has 1 amide bonds. The third-order valence-corrected chi connectivity index (χ3v) is 5.94. The van der Waals surface area contributed by atoms with E-state index in [1.54, 1.807) is 18.2 Å².